The molecule has 0 unspecified atom stereocenters. The lowest BCUT2D eigenvalue weighted by atomic mass is 9.75. The molecular weight excluding hydrogens is 304 g/mol. The summed E-state index contributed by atoms with van der Waals surface area (Å²) in [5.41, 5.74) is 1.27. The molecule has 4 saturated heterocycles. The third kappa shape index (κ3) is 2.46. The first-order valence-electron chi connectivity index (χ1n) is 9.04. The van der Waals surface area contributed by atoms with Crippen LogP contribution < -0.4 is 4.74 Å². The number of carbonyl (C=O) groups is 1. The SMILES string of the molecule is CCOC(=O)N1C[C@@H](c2cccc(OC)c2)[C@H]2[C@@H]1C1CCN2CC1. The van der Waals surface area contributed by atoms with Crippen molar-refractivity contribution in [3.63, 3.8) is 0 Å². The predicted octanol–water partition coefficient (Wildman–Crippen LogP) is 2.71. The van der Waals surface area contributed by atoms with E-state index in [4.69, 9.17) is 9.47 Å². The minimum atomic E-state index is -0.147. The van der Waals surface area contributed by atoms with Gasteiger partial charge >= 0.3 is 6.09 Å². The van der Waals surface area contributed by atoms with E-state index in [0.29, 0.717) is 30.5 Å². The van der Waals surface area contributed by atoms with E-state index in [1.165, 1.54) is 18.4 Å². The largest absolute Gasteiger partial charge is 0.497 e. The van der Waals surface area contributed by atoms with E-state index >= 15 is 0 Å². The van der Waals surface area contributed by atoms with E-state index < -0.39 is 0 Å². The lowest BCUT2D eigenvalue weighted by Crippen LogP contribution is -2.60. The van der Waals surface area contributed by atoms with Crippen LogP contribution in [0.3, 0.4) is 0 Å². The maximum atomic E-state index is 12.5. The summed E-state index contributed by atoms with van der Waals surface area (Å²) in [5, 5.41) is 0. The van der Waals surface area contributed by atoms with Gasteiger partial charge in [-0.05, 0) is 56.5 Å². The fourth-order valence-corrected chi connectivity index (χ4v) is 5.00. The maximum Gasteiger partial charge on any atom is 0.410 e. The monoisotopic (exact) mass is 330 g/mol. The smallest absolute Gasteiger partial charge is 0.410 e. The van der Waals surface area contributed by atoms with Crippen LogP contribution in [0.2, 0.25) is 0 Å². The van der Waals surface area contributed by atoms with Gasteiger partial charge in [-0.2, -0.15) is 0 Å². The zero-order valence-corrected chi connectivity index (χ0v) is 14.5. The molecule has 0 radical (unpaired) electrons. The van der Waals surface area contributed by atoms with Crippen molar-refractivity contribution in [1.29, 1.82) is 0 Å². The highest BCUT2D eigenvalue weighted by atomic mass is 16.6. The Morgan fingerprint density at radius 2 is 2.04 bits per heavy atom. The first-order valence-corrected chi connectivity index (χ1v) is 9.04. The van der Waals surface area contributed by atoms with Crippen molar-refractivity contribution in [2.75, 3.05) is 33.4 Å². The van der Waals surface area contributed by atoms with Crippen LogP contribution in [-0.2, 0) is 4.74 Å². The molecule has 1 aromatic rings. The Hall–Kier alpha value is -1.75. The molecule has 2 bridgehead atoms. The average Bonchev–Trinajstić information content (AvgIpc) is 3.06. The molecule has 3 atom stereocenters. The lowest BCUT2D eigenvalue weighted by molar-refractivity contribution is -0.00688. The zero-order valence-electron chi connectivity index (χ0n) is 14.5. The molecule has 0 saturated carbocycles. The minimum Gasteiger partial charge on any atom is -0.497 e. The molecule has 1 amide bonds. The van der Waals surface area contributed by atoms with Gasteiger partial charge in [0.05, 0.1) is 19.8 Å². The van der Waals surface area contributed by atoms with Crippen LogP contribution in [-0.4, -0.2) is 61.3 Å². The summed E-state index contributed by atoms with van der Waals surface area (Å²) >= 11 is 0. The molecule has 0 N–H and O–H groups in total. The second kappa shape index (κ2) is 6.28. The Kier molecular flexibility index (Phi) is 4.12. The Bertz CT molecular complexity index is 612. The quantitative estimate of drug-likeness (QED) is 0.854. The Balaban J connectivity index is 1.68. The number of amides is 1. The molecule has 0 spiro atoms. The minimum absolute atomic E-state index is 0.147. The van der Waals surface area contributed by atoms with E-state index in [9.17, 15) is 4.79 Å². The molecule has 130 valence electrons. The summed E-state index contributed by atoms with van der Waals surface area (Å²) < 4.78 is 10.8. The summed E-state index contributed by atoms with van der Waals surface area (Å²) in [6, 6.07) is 9.03. The number of ether oxygens (including phenoxy) is 2. The van der Waals surface area contributed by atoms with E-state index in [2.05, 4.69) is 17.0 Å². The molecule has 24 heavy (non-hydrogen) atoms. The van der Waals surface area contributed by atoms with Gasteiger partial charge < -0.3 is 14.4 Å². The van der Waals surface area contributed by atoms with Gasteiger partial charge in [0, 0.05) is 18.5 Å². The molecule has 4 fully saturated rings. The fraction of sp³-hybridized carbons (Fsp3) is 0.632. The van der Waals surface area contributed by atoms with Crippen LogP contribution in [0.15, 0.2) is 24.3 Å². The van der Waals surface area contributed by atoms with E-state index in [1.807, 2.05) is 24.0 Å². The van der Waals surface area contributed by atoms with E-state index in [0.717, 1.165) is 25.4 Å². The number of hydrogen-bond donors (Lipinski definition) is 0. The normalized spacial score (nSPS) is 34.1. The molecule has 5 heteroatoms. The summed E-state index contributed by atoms with van der Waals surface area (Å²) in [6.45, 7) is 5.37. The van der Waals surface area contributed by atoms with Crippen LogP contribution in [0.1, 0.15) is 31.2 Å². The molecule has 5 rings (SSSR count). The highest BCUT2D eigenvalue weighted by Crippen LogP contribution is 2.47. The molecule has 0 aromatic heterocycles. The van der Waals surface area contributed by atoms with Crippen molar-refractivity contribution >= 4 is 6.09 Å². The van der Waals surface area contributed by atoms with Crippen molar-refractivity contribution in [2.24, 2.45) is 5.92 Å². The van der Waals surface area contributed by atoms with Crippen LogP contribution >= 0.6 is 0 Å². The van der Waals surface area contributed by atoms with Crippen molar-refractivity contribution in [1.82, 2.24) is 9.80 Å². The predicted molar refractivity (Wildman–Crippen MR) is 91.3 cm³/mol. The van der Waals surface area contributed by atoms with Crippen molar-refractivity contribution in [3.8, 4) is 5.75 Å². The Labute approximate surface area is 143 Å². The third-order valence-electron chi connectivity index (χ3n) is 6.02. The maximum absolute atomic E-state index is 12.5. The van der Waals surface area contributed by atoms with Crippen LogP contribution in [0.4, 0.5) is 4.79 Å². The number of carbonyl (C=O) groups excluding carboxylic acids is 1. The van der Waals surface area contributed by atoms with Crippen LogP contribution in [0.5, 0.6) is 5.75 Å². The fourth-order valence-electron chi connectivity index (χ4n) is 5.00. The molecule has 4 heterocycles. The summed E-state index contributed by atoms with van der Waals surface area (Å²) in [5.74, 6) is 1.83. The Morgan fingerprint density at radius 1 is 1.25 bits per heavy atom. The van der Waals surface area contributed by atoms with Gasteiger partial charge in [-0.1, -0.05) is 12.1 Å². The number of benzene rings is 1. The van der Waals surface area contributed by atoms with Gasteiger partial charge in [-0.3, -0.25) is 4.90 Å². The van der Waals surface area contributed by atoms with Gasteiger partial charge in [0.25, 0.3) is 0 Å². The third-order valence-corrected chi connectivity index (χ3v) is 6.02. The lowest BCUT2D eigenvalue weighted by Gasteiger charge is -2.50. The first kappa shape index (κ1) is 15.8. The molecule has 0 aliphatic carbocycles. The number of rotatable bonds is 3. The van der Waals surface area contributed by atoms with Crippen LogP contribution in [0.25, 0.3) is 0 Å². The number of piperidine rings is 3. The van der Waals surface area contributed by atoms with Crippen molar-refractivity contribution < 1.29 is 14.3 Å². The molecule has 1 aromatic carbocycles. The number of nitrogens with zero attached hydrogens (tertiary/aromatic N) is 2. The highest BCUT2D eigenvalue weighted by Gasteiger charge is 2.55. The number of fused-ring (bicyclic) bond motifs is 2. The van der Waals surface area contributed by atoms with Crippen molar-refractivity contribution in [3.05, 3.63) is 29.8 Å². The molecule has 4 aliphatic rings. The van der Waals surface area contributed by atoms with Gasteiger partial charge in [0.2, 0.25) is 0 Å². The topological polar surface area (TPSA) is 42.0 Å². The number of likely N-dealkylation sites (tertiary alicyclic amines) is 1. The number of methoxy groups -OCH3 is 1. The second-order valence-electron chi connectivity index (χ2n) is 7.09. The van der Waals surface area contributed by atoms with Gasteiger partial charge in [0.1, 0.15) is 5.75 Å². The molecular formula is C19H26N2O3. The van der Waals surface area contributed by atoms with Gasteiger partial charge in [-0.15, -0.1) is 0 Å². The summed E-state index contributed by atoms with van der Waals surface area (Å²) in [4.78, 5) is 17.1. The second-order valence-corrected chi connectivity index (χ2v) is 7.09. The van der Waals surface area contributed by atoms with E-state index in [1.54, 1.807) is 7.11 Å². The van der Waals surface area contributed by atoms with Gasteiger partial charge in [0.15, 0.2) is 0 Å². The molecule has 5 nitrogen and oxygen atoms in total. The summed E-state index contributed by atoms with van der Waals surface area (Å²) in [7, 11) is 1.70. The molecule has 4 aliphatic heterocycles. The summed E-state index contributed by atoms with van der Waals surface area (Å²) in [6.07, 6.45) is 2.25. The van der Waals surface area contributed by atoms with Gasteiger partial charge in [-0.25, -0.2) is 4.79 Å². The highest BCUT2D eigenvalue weighted by molar-refractivity contribution is 5.69. The van der Waals surface area contributed by atoms with Crippen LogP contribution in [0, 0.1) is 5.92 Å². The zero-order chi connectivity index (χ0) is 16.7. The Morgan fingerprint density at radius 3 is 2.75 bits per heavy atom. The first-order chi connectivity index (χ1) is 11.7. The standard InChI is InChI=1S/C19H26N2O3/c1-3-24-19(22)21-12-16(14-5-4-6-15(11-14)23-2)18-17(21)13-7-9-20(18)10-8-13/h4-6,11,13,16-18H,3,7-10,12H2,1-2H3/t16-,17-,18-/m0/s1. The van der Waals surface area contributed by atoms with E-state index in [-0.39, 0.29) is 6.09 Å². The van der Waals surface area contributed by atoms with Crippen molar-refractivity contribution in [2.45, 2.75) is 37.8 Å². The number of hydrogen-bond acceptors (Lipinski definition) is 4. The average molecular weight is 330 g/mol.